The first-order chi connectivity index (χ1) is 7.75. The minimum absolute atomic E-state index is 0.0362. The maximum atomic E-state index is 5.76. The summed E-state index contributed by atoms with van der Waals surface area (Å²) in [4.78, 5) is 7.74. The third-order valence-electron chi connectivity index (χ3n) is 2.18. The molecule has 1 aromatic carbocycles. The molecule has 2 aromatic rings. The molecule has 16 heavy (non-hydrogen) atoms. The number of hydrogen-bond donors (Lipinski definition) is 1. The average molecular weight is 215 g/mol. The van der Waals surface area contributed by atoms with Crippen LogP contribution in [0.4, 0.5) is 0 Å². The molecule has 2 N–H and O–H groups in total. The lowest BCUT2D eigenvalue weighted by Gasteiger charge is -2.07. The molecular formula is C12H13N3O. The number of nitrogens with zero attached hydrogens (tertiary/aromatic N) is 2. The molecule has 1 atom stereocenters. The SMILES string of the molecule is CC(N)c1ccc(Oc2cncnc2)cc1. The van der Waals surface area contributed by atoms with E-state index in [-0.39, 0.29) is 6.04 Å². The first-order valence-electron chi connectivity index (χ1n) is 5.04. The third kappa shape index (κ3) is 2.55. The van der Waals surface area contributed by atoms with Crippen LogP contribution in [0.1, 0.15) is 18.5 Å². The van der Waals surface area contributed by atoms with Gasteiger partial charge in [-0.15, -0.1) is 0 Å². The first kappa shape index (κ1) is 10.6. The topological polar surface area (TPSA) is 61.0 Å². The van der Waals surface area contributed by atoms with Crippen molar-refractivity contribution in [3.63, 3.8) is 0 Å². The van der Waals surface area contributed by atoms with Gasteiger partial charge in [0.2, 0.25) is 0 Å². The van der Waals surface area contributed by atoms with Crippen LogP contribution in [0.25, 0.3) is 0 Å². The summed E-state index contributed by atoms with van der Waals surface area (Å²) in [6, 6.07) is 7.69. The summed E-state index contributed by atoms with van der Waals surface area (Å²) in [5, 5.41) is 0. The van der Waals surface area contributed by atoms with Crippen molar-refractivity contribution in [2.75, 3.05) is 0 Å². The van der Waals surface area contributed by atoms with E-state index >= 15 is 0 Å². The van der Waals surface area contributed by atoms with Crippen molar-refractivity contribution in [2.45, 2.75) is 13.0 Å². The molecule has 0 spiro atoms. The quantitative estimate of drug-likeness (QED) is 0.853. The van der Waals surface area contributed by atoms with E-state index in [0.29, 0.717) is 5.75 Å². The zero-order valence-corrected chi connectivity index (χ0v) is 9.00. The van der Waals surface area contributed by atoms with E-state index in [9.17, 15) is 0 Å². The van der Waals surface area contributed by atoms with E-state index < -0.39 is 0 Å². The molecule has 0 saturated carbocycles. The van der Waals surface area contributed by atoms with Gasteiger partial charge in [0.15, 0.2) is 5.75 Å². The van der Waals surface area contributed by atoms with Crippen LogP contribution in [-0.2, 0) is 0 Å². The van der Waals surface area contributed by atoms with Crippen molar-refractivity contribution >= 4 is 0 Å². The van der Waals surface area contributed by atoms with E-state index in [1.54, 1.807) is 12.4 Å². The molecule has 4 heteroatoms. The summed E-state index contributed by atoms with van der Waals surface area (Å²) < 4.78 is 5.55. The van der Waals surface area contributed by atoms with Gasteiger partial charge in [0, 0.05) is 6.04 Å². The van der Waals surface area contributed by atoms with Gasteiger partial charge in [0.25, 0.3) is 0 Å². The Hall–Kier alpha value is -1.94. The Kier molecular flexibility index (Phi) is 3.12. The Morgan fingerprint density at radius 1 is 1.06 bits per heavy atom. The van der Waals surface area contributed by atoms with Crippen LogP contribution in [0.5, 0.6) is 11.5 Å². The zero-order valence-electron chi connectivity index (χ0n) is 9.00. The summed E-state index contributed by atoms with van der Waals surface area (Å²) in [6.45, 7) is 1.95. The molecule has 0 amide bonds. The monoisotopic (exact) mass is 215 g/mol. The molecule has 1 heterocycles. The van der Waals surface area contributed by atoms with Gasteiger partial charge < -0.3 is 10.5 Å². The standard InChI is InChI=1S/C12H13N3O/c1-9(13)10-2-4-11(5-3-10)16-12-6-14-8-15-7-12/h2-9H,13H2,1H3. The van der Waals surface area contributed by atoms with Crippen molar-refractivity contribution in [3.05, 3.63) is 48.5 Å². The van der Waals surface area contributed by atoms with Crippen molar-refractivity contribution in [2.24, 2.45) is 5.73 Å². The van der Waals surface area contributed by atoms with Gasteiger partial charge in [-0.05, 0) is 24.6 Å². The van der Waals surface area contributed by atoms with Gasteiger partial charge in [0.05, 0.1) is 12.4 Å². The van der Waals surface area contributed by atoms with E-state index in [0.717, 1.165) is 11.3 Å². The second kappa shape index (κ2) is 4.72. The predicted molar refractivity (Wildman–Crippen MR) is 61.2 cm³/mol. The molecule has 0 radical (unpaired) electrons. The molecular weight excluding hydrogens is 202 g/mol. The number of nitrogens with two attached hydrogens (primary N) is 1. The van der Waals surface area contributed by atoms with Crippen LogP contribution in [-0.4, -0.2) is 9.97 Å². The molecule has 0 aliphatic rings. The third-order valence-corrected chi connectivity index (χ3v) is 2.18. The van der Waals surface area contributed by atoms with Crippen LogP contribution in [0.3, 0.4) is 0 Å². The minimum atomic E-state index is 0.0362. The Bertz CT molecular complexity index is 440. The van der Waals surface area contributed by atoms with Gasteiger partial charge in [-0.2, -0.15) is 0 Å². The summed E-state index contributed by atoms with van der Waals surface area (Å²) in [7, 11) is 0. The van der Waals surface area contributed by atoms with Gasteiger partial charge in [-0.25, -0.2) is 9.97 Å². The Balaban J connectivity index is 2.11. The largest absolute Gasteiger partial charge is 0.454 e. The fourth-order valence-electron chi connectivity index (χ4n) is 1.31. The summed E-state index contributed by atoms with van der Waals surface area (Å²) >= 11 is 0. The fourth-order valence-corrected chi connectivity index (χ4v) is 1.31. The van der Waals surface area contributed by atoms with E-state index in [1.165, 1.54) is 6.33 Å². The van der Waals surface area contributed by atoms with Gasteiger partial charge >= 0.3 is 0 Å². The molecule has 2 rings (SSSR count). The van der Waals surface area contributed by atoms with Crippen molar-refractivity contribution in [1.29, 1.82) is 0 Å². The Morgan fingerprint density at radius 2 is 1.69 bits per heavy atom. The minimum Gasteiger partial charge on any atom is -0.454 e. The molecule has 0 aliphatic heterocycles. The van der Waals surface area contributed by atoms with Crippen LogP contribution >= 0.6 is 0 Å². The Morgan fingerprint density at radius 3 is 2.25 bits per heavy atom. The van der Waals surface area contributed by atoms with Crippen LogP contribution in [0, 0.1) is 0 Å². The lowest BCUT2D eigenvalue weighted by molar-refractivity contribution is 0.477. The Labute approximate surface area is 94.1 Å². The number of hydrogen-bond acceptors (Lipinski definition) is 4. The van der Waals surface area contributed by atoms with Crippen LogP contribution in [0.15, 0.2) is 43.0 Å². The molecule has 1 unspecified atom stereocenters. The van der Waals surface area contributed by atoms with Crippen molar-refractivity contribution in [3.8, 4) is 11.5 Å². The van der Waals surface area contributed by atoms with Crippen molar-refractivity contribution < 1.29 is 4.74 Å². The highest BCUT2D eigenvalue weighted by Gasteiger charge is 2.00. The lowest BCUT2D eigenvalue weighted by Crippen LogP contribution is -2.04. The number of benzene rings is 1. The highest BCUT2D eigenvalue weighted by molar-refractivity contribution is 5.31. The maximum absolute atomic E-state index is 5.76. The van der Waals surface area contributed by atoms with Crippen LogP contribution < -0.4 is 10.5 Å². The second-order valence-corrected chi connectivity index (χ2v) is 3.53. The first-order valence-corrected chi connectivity index (χ1v) is 5.04. The maximum Gasteiger partial charge on any atom is 0.163 e. The van der Waals surface area contributed by atoms with E-state index in [4.69, 9.17) is 10.5 Å². The second-order valence-electron chi connectivity index (χ2n) is 3.53. The summed E-state index contributed by atoms with van der Waals surface area (Å²) in [5.74, 6) is 1.37. The highest BCUT2D eigenvalue weighted by atomic mass is 16.5. The van der Waals surface area contributed by atoms with Gasteiger partial charge in [0.1, 0.15) is 12.1 Å². The van der Waals surface area contributed by atoms with Crippen molar-refractivity contribution in [1.82, 2.24) is 9.97 Å². The van der Waals surface area contributed by atoms with Gasteiger partial charge in [-0.3, -0.25) is 0 Å². The normalized spacial score (nSPS) is 12.1. The molecule has 0 bridgehead atoms. The van der Waals surface area contributed by atoms with E-state index in [1.807, 2.05) is 31.2 Å². The molecule has 0 saturated heterocycles. The fraction of sp³-hybridized carbons (Fsp3) is 0.167. The van der Waals surface area contributed by atoms with Crippen LogP contribution in [0.2, 0.25) is 0 Å². The lowest BCUT2D eigenvalue weighted by atomic mass is 10.1. The highest BCUT2D eigenvalue weighted by Crippen LogP contribution is 2.21. The zero-order chi connectivity index (χ0) is 11.4. The summed E-state index contributed by atoms with van der Waals surface area (Å²) in [6.07, 6.45) is 4.70. The molecule has 1 aromatic heterocycles. The molecule has 0 fully saturated rings. The van der Waals surface area contributed by atoms with E-state index in [2.05, 4.69) is 9.97 Å². The average Bonchev–Trinajstić information content (AvgIpc) is 2.31. The molecule has 0 aliphatic carbocycles. The predicted octanol–water partition coefficient (Wildman–Crippen LogP) is 2.29. The number of ether oxygens (including phenoxy) is 1. The number of aromatic nitrogens is 2. The summed E-state index contributed by atoms with van der Waals surface area (Å²) in [5.41, 5.74) is 6.84. The smallest absolute Gasteiger partial charge is 0.163 e. The molecule has 82 valence electrons. The van der Waals surface area contributed by atoms with Gasteiger partial charge in [-0.1, -0.05) is 12.1 Å². The molecule has 4 nitrogen and oxygen atoms in total. The number of rotatable bonds is 3.